The molecule has 128 valence electrons. The molecule has 6 heteroatoms. The quantitative estimate of drug-likeness (QED) is 0.612. The zero-order valence-electron chi connectivity index (χ0n) is 14.1. The van der Waals surface area contributed by atoms with Crippen LogP contribution in [0, 0.1) is 6.92 Å². The predicted molar refractivity (Wildman–Crippen MR) is 97.4 cm³/mol. The molecule has 0 bridgehead atoms. The van der Waals surface area contributed by atoms with Crippen molar-refractivity contribution < 1.29 is 9.32 Å². The van der Waals surface area contributed by atoms with Crippen LogP contribution in [0.5, 0.6) is 0 Å². The Morgan fingerprint density at radius 3 is 2.69 bits per heavy atom. The summed E-state index contributed by atoms with van der Waals surface area (Å²) in [5.41, 5.74) is 3.95. The van der Waals surface area contributed by atoms with E-state index in [-0.39, 0.29) is 5.91 Å². The number of amides is 1. The fraction of sp³-hybridized carbons (Fsp3) is 0.100. The normalized spacial score (nSPS) is 10.8. The summed E-state index contributed by atoms with van der Waals surface area (Å²) in [6.07, 6.45) is 3.50. The topological polar surface area (TPSA) is 80.9 Å². The van der Waals surface area contributed by atoms with E-state index in [4.69, 9.17) is 4.52 Å². The number of rotatable bonds is 4. The molecule has 4 rings (SSSR count). The molecule has 1 N–H and O–H groups in total. The minimum atomic E-state index is -0.162. The smallest absolute Gasteiger partial charge is 0.251 e. The van der Waals surface area contributed by atoms with Gasteiger partial charge in [-0.05, 0) is 37.3 Å². The second kappa shape index (κ2) is 6.76. The third-order valence-corrected chi connectivity index (χ3v) is 4.06. The molecule has 0 radical (unpaired) electrons. The first-order valence-electron chi connectivity index (χ1n) is 8.21. The highest BCUT2D eigenvalue weighted by Crippen LogP contribution is 2.25. The number of fused-ring (bicyclic) bond motifs is 1. The first-order chi connectivity index (χ1) is 12.7. The molecule has 0 unspecified atom stereocenters. The minimum absolute atomic E-state index is 0.162. The van der Waals surface area contributed by atoms with Crippen LogP contribution in [0.2, 0.25) is 0 Å². The van der Waals surface area contributed by atoms with Gasteiger partial charge in [0.15, 0.2) is 0 Å². The fourth-order valence-electron chi connectivity index (χ4n) is 2.79. The number of nitrogens with one attached hydrogen (secondary N) is 1. The summed E-state index contributed by atoms with van der Waals surface area (Å²) in [5, 5.41) is 7.67. The van der Waals surface area contributed by atoms with Gasteiger partial charge in [-0.15, -0.1) is 0 Å². The van der Waals surface area contributed by atoms with E-state index in [1.54, 1.807) is 30.6 Å². The second-order valence-electron chi connectivity index (χ2n) is 5.92. The molecule has 3 aromatic heterocycles. The third kappa shape index (κ3) is 3.17. The Hall–Kier alpha value is -3.54. The van der Waals surface area contributed by atoms with Crippen LogP contribution in [-0.4, -0.2) is 21.0 Å². The summed E-state index contributed by atoms with van der Waals surface area (Å²) >= 11 is 0. The zero-order chi connectivity index (χ0) is 17.9. The third-order valence-electron chi connectivity index (χ3n) is 4.06. The summed E-state index contributed by atoms with van der Waals surface area (Å²) in [7, 11) is 0. The predicted octanol–water partition coefficient (Wildman–Crippen LogP) is 3.52. The Labute approximate surface area is 149 Å². The Kier molecular flexibility index (Phi) is 4.15. The minimum Gasteiger partial charge on any atom is -0.361 e. The lowest BCUT2D eigenvalue weighted by molar-refractivity contribution is 0.0950. The number of aromatic nitrogens is 3. The van der Waals surface area contributed by atoms with Crippen LogP contribution in [0.15, 0.2) is 65.4 Å². The molecule has 3 heterocycles. The van der Waals surface area contributed by atoms with E-state index >= 15 is 0 Å². The van der Waals surface area contributed by atoms with Crippen LogP contribution in [0.1, 0.15) is 21.8 Å². The molecule has 1 amide bonds. The van der Waals surface area contributed by atoms with Gasteiger partial charge in [0.2, 0.25) is 0 Å². The number of carbonyl (C=O) groups excluding carboxylic acids is 1. The maximum atomic E-state index is 12.3. The van der Waals surface area contributed by atoms with Gasteiger partial charge in [-0.25, -0.2) is 0 Å². The highest BCUT2D eigenvalue weighted by atomic mass is 16.5. The number of pyridine rings is 2. The average Bonchev–Trinajstić information content (AvgIpc) is 3.11. The molecular weight excluding hydrogens is 328 g/mol. The van der Waals surface area contributed by atoms with E-state index in [0.717, 1.165) is 27.9 Å². The van der Waals surface area contributed by atoms with E-state index in [1.165, 1.54) is 0 Å². The summed E-state index contributed by atoms with van der Waals surface area (Å²) < 4.78 is 4.99. The molecule has 0 aliphatic heterocycles. The van der Waals surface area contributed by atoms with Crippen molar-refractivity contribution >= 4 is 16.8 Å². The monoisotopic (exact) mass is 344 g/mol. The van der Waals surface area contributed by atoms with Gasteiger partial charge >= 0.3 is 0 Å². The van der Waals surface area contributed by atoms with Crippen molar-refractivity contribution in [2.75, 3.05) is 0 Å². The van der Waals surface area contributed by atoms with E-state index in [2.05, 4.69) is 20.4 Å². The maximum Gasteiger partial charge on any atom is 0.251 e. The van der Waals surface area contributed by atoms with Gasteiger partial charge in [0, 0.05) is 35.0 Å². The molecule has 0 saturated heterocycles. The summed E-state index contributed by atoms with van der Waals surface area (Å²) in [6, 6.07) is 14.9. The van der Waals surface area contributed by atoms with Crippen molar-refractivity contribution in [1.82, 2.24) is 20.4 Å². The van der Waals surface area contributed by atoms with E-state index in [1.807, 2.05) is 37.3 Å². The second-order valence-corrected chi connectivity index (χ2v) is 5.92. The molecule has 0 spiro atoms. The van der Waals surface area contributed by atoms with Gasteiger partial charge in [-0.3, -0.25) is 14.8 Å². The zero-order valence-corrected chi connectivity index (χ0v) is 14.1. The molecule has 1 aromatic carbocycles. The van der Waals surface area contributed by atoms with Gasteiger partial charge in [-0.2, -0.15) is 0 Å². The van der Waals surface area contributed by atoms with Crippen LogP contribution in [0.4, 0.5) is 0 Å². The van der Waals surface area contributed by atoms with Crippen molar-refractivity contribution in [2.24, 2.45) is 0 Å². The number of hydrogen-bond donors (Lipinski definition) is 1. The lowest BCUT2D eigenvalue weighted by atomic mass is 10.0. The van der Waals surface area contributed by atoms with Crippen LogP contribution in [0.3, 0.4) is 0 Å². The number of carbonyl (C=O) groups is 1. The van der Waals surface area contributed by atoms with Crippen molar-refractivity contribution in [3.8, 4) is 11.3 Å². The fourth-order valence-corrected chi connectivity index (χ4v) is 2.79. The van der Waals surface area contributed by atoms with Gasteiger partial charge in [0.25, 0.3) is 5.91 Å². The van der Waals surface area contributed by atoms with Gasteiger partial charge in [-0.1, -0.05) is 17.3 Å². The first kappa shape index (κ1) is 16.0. The molecule has 0 aliphatic rings. The molecular formula is C20H16N4O2. The van der Waals surface area contributed by atoms with Gasteiger partial charge in [0.1, 0.15) is 11.5 Å². The maximum absolute atomic E-state index is 12.3. The first-order valence-corrected chi connectivity index (χ1v) is 8.21. The van der Waals surface area contributed by atoms with Gasteiger partial charge in [0.05, 0.1) is 17.8 Å². The van der Waals surface area contributed by atoms with Gasteiger partial charge < -0.3 is 9.84 Å². The lowest BCUT2D eigenvalue weighted by Crippen LogP contribution is -2.22. The van der Waals surface area contributed by atoms with Crippen molar-refractivity contribution in [1.29, 1.82) is 0 Å². The highest BCUT2D eigenvalue weighted by molar-refractivity contribution is 5.96. The SMILES string of the molecule is Cc1cc(CNC(=O)c2ccc(-c3nccc4ncccc34)cc2)no1. The van der Waals surface area contributed by atoms with Crippen LogP contribution in [0.25, 0.3) is 22.2 Å². The van der Waals surface area contributed by atoms with E-state index in [0.29, 0.717) is 17.8 Å². The molecule has 0 atom stereocenters. The van der Waals surface area contributed by atoms with E-state index in [9.17, 15) is 4.79 Å². The standard InChI is InChI=1S/C20H16N4O2/c1-13-11-16(24-26-13)12-23-20(25)15-6-4-14(5-7-15)19-17-3-2-9-21-18(17)8-10-22-19/h2-11H,12H2,1H3,(H,23,25). The van der Waals surface area contributed by atoms with Crippen LogP contribution in [-0.2, 0) is 6.54 Å². The lowest BCUT2D eigenvalue weighted by Gasteiger charge is -2.07. The van der Waals surface area contributed by atoms with Crippen molar-refractivity contribution in [3.05, 3.63) is 77.9 Å². The van der Waals surface area contributed by atoms with Crippen LogP contribution < -0.4 is 5.32 Å². The molecule has 6 nitrogen and oxygen atoms in total. The Morgan fingerprint density at radius 1 is 1.08 bits per heavy atom. The molecule has 0 saturated carbocycles. The summed E-state index contributed by atoms with van der Waals surface area (Å²) in [5.74, 6) is 0.556. The Balaban J connectivity index is 1.53. The Morgan fingerprint density at radius 2 is 1.92 bits per heavy atom. The van der Waals surface area contributed by atoms with E-state index < -0.39 is 0 Å². The molecule has 26 heavy (non-hydrogen) atoms. The number of hydrogen-bond acceptors (Lipinski definition) is 5. The number of nitrogens with zero attached hydrogens (tertiary/aromatic N) is 3. The number of aryl methyl sites for hydroxylation is 1. The molecule has 0 aliphatic carbocycles. The van der Waals surface area contributed by atoms with Crippen molar-refractivity contribution in [3.63, 3.8) is 0 Å². The summed E-state index contributed by atoms with van der Waals surface area (Å²) in [4.78, 5) is 21.1. The number of benzene rings is 1. The summed E-state index contributed by atoms with van der Waals surface area (Å²) in [6.45, 7) is 2.14. The van der Waals surface area contributed by atoms with Crippen LogP contribution >= 0.6 is 0 Å². The average molecular weight is 344 g/mol. The molecule has 0 fully saturated rings. The molecule has 4 aromatic rings. The Bertz CT molecular complexity index is 1070. The van der Waals surface area contributed by atoms with Crippen molar-refractivity contribution in [2.45, 2.75) is 13.5 Å². The highest BCUT2D eigenvalue weighted by Gasteiger charge is 2.09. The largest absolute Gasteiger partial charge is 0.361 e.